The van der Waals surface area contributed by atoms with Crippen LogP contribution in [0.25, 0.3) is 0 Å². The van der Waals surface area contributed by atoms with Gasteiger partial charge in [0.15, 0.2) is 0 Å². The molecule has 1 amide bonds. The fraction of sp³-hybridized carbons (Fsp3) is 0.381. The zero-order valence-electron chi connectivity index (χ0n) is 15.2. The Morgan fingerprint density at radius 3 is 2.32 bits per heavy atom. The van der Waals surface area contributed by atoms with Crippen LogP contribution >= 0.6 is 0 Å². The predicted octanol–water partition coefficient (Wildman–Crippen LogP) is 4.12. The summed E-state index contributed by atoms with van der Waals surface area (Å²) in [5.41, 5.74) is 3.12. The second-order valence-corrected chi connectivity index (χ2v) is 6.42. The molecule has 0 bridgehead atoms. The van der Waals surface area contributed by atoms with E-state index in [1.54, 1.807) is 0 Å². The Morgan fingerprint density at radius 1 is 1.04 bits per heavy atom. The lowest BCUT2D eigenvalue weighted by atomic mass is 10.0. The molecule has 0 radical (unpaired) electrons. The second kappa shape index (κ2) is 9.97. The van der Waals surface area contributed by atoms with Crippen LogP contribution in [-0.4, -0.2) is 25.7 Å². The first kappa shape index (κ1) is 19.2. The number of carbonyl (C=O) groups is 1. The summed E-state index contributed by atoms with van der Waals surface area (Å²) in [5.74, 6) is 0.360. The van der Waals surface area contributed by atoms with Crippen molar-refractivity contribution in [1.29, 1.82) is 0 Å². The highest BCUT2D eigenvalue weighted by Gasteiger charge is 2.15. The number of nitrogens with one attached hydrogen (secondary N) is 1. The third-order valence-corrected chi connectivity index (χ3v) is 4.19. The molecule has 0 spiro atoms. The molecule has 134 valence electrons. The van der Waals surface area contributed by atoms with Gasteiger partial charge in [0.1, 0.15) is 6.61 Å². The topological polar surface area (TPSA) is 47.6 Å². The van der Waals surface area contributed by atoms with Gasteiger partial charge in [-0.3, -0.25) is 4.79 Å². The highest BCUT2D eigenvalue weighted by molar-refractivity contribution is 5.94. The Labute approximate surface area is 150 Å². The van der Waals surface area contributed by atoms with Crippen molar-refractivity contribution in [1.82, 2.24) is 5.32 Å². The molecule has 25 heavy (non-hydrogen) atoms. The Morgan fingerprint density at radius 2 is 1.72 bits per heavy atom. The lowest BCUT2D eigenvalue weighted by Gasteiger charge is -2.18. The Hall–Kier alpha value is -2.17. The average molecular weight is 341 g/mol. The number of hydrogen-bond donors (Lipinski definition) is 1. The van der Waals surface area contributed by atoms with Gasteiger partial charge < -0.3 is 5.32 Å². The predicted molar refractivity (Wildman–Crippen MR) is 99.5 cm³/mol. The second-order valence-electron chi connectivity index (χ2n) is 6.42. The molecule has 2 aromatic carbocycles. The molecule has 0 aromatic heterocycles. The maximum Gasteiger partial charge on any atom is 0.251 e. The molecule has 1 atom stereocenters. The number of hydrogen-bond acceptors (Lipinski definition) is 3. The molecule has 0 aliphatic heterocycles. The van der Waals surface area contributed by atoms with Gasteiger partial charge in [-0.15, -0.1) is 0 Å². The van der Waals surface area contributed by atoms with E-state index in [9.17, 15) is 4.79 Å². The zero-order chi connectivity index (χ0) is 18.1. The summed E-state index contributed by atoms with van der Waals surface area (Å²) < 4.78 is 0. The summed E-state index contributed by atoms with van der Waals surface area (Å²) in [6, 6.07) is 17.8. The first-order valence-corrected chi connectivity index (χ1v) is 8.70. The highest BCUT2D eigenvalue weighted by atomic mass is 17.2. The van der Waals surface area contributed by atoms with Crippen LogP contribution in [0.5, 0.6) is 0 Å². The number of aryl methyl sites for hydroxylation is 1. The standard InChI is InChI=1S/C21H27NO3/c1-16(2)18-10-12-19(13-11-18)21(23)22-20(15-25-24-3)14-9-17-7-5-4-6-8-17/h4-8,10-13,16,20H,9,14-15H2,1-3H3,(H,22,23)/t20-/m0/s1. The molecule has 0 heterocycles. The van der Waals surface area contributed by atoms with E-state index in [0.717, 1.165) is 12.8 Å². The highest BCUT2D eigenvalue weighted by Crippen LogP contribution is 2.15. The minimum Gasteiger partial charge on any atom is -0.347 e. The third kappa shape index (κ3) is 6.33. The minimum absolute atomic E-state index is 0.0897. The van der Waals surface area contributed by atoms with Crippen molar-refractivity contribution in [2.24, 2.45) is 0 Å². The van der Waals surface area contributed by atoms with Crippen LogP contribution in [0.2, 0.25) is 0 Å². The molecule has 4 nitrogen and oxygen atoms in total. The van der Waals surface area contributed by atoms with Crippen molar-refractivity contribution in [3.63, 3.8) is 0 Å². The van der Waals surface area contributed by atoms with Gasteiger partial charge in [0.2, 0.25) is 0 Å². The van der Waals surface area contributed by atoms with Crippen LogP contribution in [0.3, 0.4) is 0 Å². The monoisotopic (exact) mass is 341 g/mol. The lowest BCUT2D eigenvalue weighted by Crippen LogP contribution is -2.38. The number of amides is 1. The molecule has 1 N–H and O–H groups in total. The molecule has 2 aromatic rings. The zero-order valence-corrected chi connectivity index (χ0v) is 15.2. The summed E-state index contributed by atoms with van der Waals surface area (Å²) in [6.07, 6.45) is 1.65. The fourth-order valence-electron chi connectivity index (χ4n) is 2.62. The molecule has 4 heteroatoms. The van der Waals surface area contributed by atoms with Crippen molar-refractivity contribution < 1.29 is 14.6 Å². The van der Waals surface area contributed by atoms with E-state index in [4.69, 9.17) is 9.78 Å². The summed E-state index contributed by atoms with van der Waals surface area (Å²) in [4.78, 5) is 22.3. The Kier molecular flexibility index (Phi) is 7.64. The van der Waals surface area contributed by atoms with E-state index < -0.39 is 0 Å². The SMILES string of the molecule is COOC[C@H](CCc1ccccc1)NC(=O)c1ccc(C(C)C)cc1. The van der Waals surface area contributed by atoms with Crippen molar-refractivity contribution in [2.75, 3.05) is 13.7 Å². The van der Waals surface area contributed by atoms with Gasteiger partial charge in [0.25, 0.3) is 5.91 Å². The van der Waals surface area contributed by atoms with Gasteiger partial charge in [0, 0.05) is 5.56 Å². The van der Waals surface area contributed by atoms with Gasteiger partial charge in [-0.1, -0.05) is 56.3 Å². The molecule has 2 rings (SSSR count). The normalized spacial score (nSPS) is 12.2. The first-order valence-electron chi connectivity index (χ1n) is 8.70. The van der Waals surface area contributed by atoms with Crippen molar-refractivity contribution in [3.8, 4) is 0 Å². The molecule has 0 unspecified atom stereocenters. The van der Waals surface area contributed by atoms with Gasteiger partial charge in [-0.05, 0) is 42.0 Å². The number of rotatable bonds is 9. The van der Waals surface area contributed by atoms with Crippen LogP contribution in [-0.2, 0) is 16.2 Å². The van der Waals surface area contributed by atoms with Crippen molar-refractivity contribution in [3.05, 3.63) is 71.3 Å². The molecule has 0 fully saturated rings. The van der Waals surface area contributed by atoms with Crippen LogP contribution in [0.1, 0.15) is 47.7 Å². The third-order valence-electron chi connectivity index (χ3n) is 4.19. The number of carbonyl (C=O) groups excluding carboxylic acids is 1. The maximum atomic E-state index is 12.5. The average Bonchev–Trinajstić information content (AvgIpc) is 2.64. The van der Waals surface area contributed by atoms with Gasteiger partial charge in [-0.2, -0.15) is 0 Å². The van der Waals surface area contributed by atoms with Crippen molar-refractivity contribution in [2.45, 2.75) is 38.6 Å². The molecule has 0 saturated carbocycles. The van der Waals surface area contributed by atoms with Crippen LogP contribution in [0, 0.1) is 0 Å². The molecular weight excluding hydrogens is 314 g/mol. The fourth-order valence-corrected chi connectivity index (χ4v) is 2.62. The summed E-state index contributed by atoms with van der Waals surface area (Å²) >= 11 is 0. The van der Waals surface area contributed by atoms with E-state index in [-0.39, 0.29) is 11.9 Å². The molecule has 0 aliphatic carbocycles. The maximum absolute atomic E-state index is 12.5. The van der Waals surface area contributed by atoms with E-state index in [1.807, 2.05) is 42.5 Å². The molecule has 0 aliphatic rings. The Bertz CT molecular complexity index is 638. The van der Waals surface area contributed by atoms with E-state index in [0.29, 0.717) is 18.1 Å². The molecule has 0 saturated heterocycles. The largest absolute Gasteiger partial charge is 0.347 e. The van der Waals surface area contributed by atoms with Gasteiger partial charge >= 0.3 is 0 Å². The van der Waals surface area contributed by atoms with Crippen molar-refractivity contribution >= 4 is 5.91 Å². The summed E-state index contributed by atoms with van der Waals surface area (Å²) in [6.45, 7) is 4.59. The minimum atomic E-state index is -0.113. The van der Waals surface area contributed by atoms with Gasteiger partial charge in [-0.25, -0.2) is 9.78 Å². The summed E-state index contributed by atoms with van der Waals surface area (Å²) in [5, 5.41) is 3.04. The van der Waals surface area contributed by atoms with E-state index >= 15 is 0 Å². The van der Waals surface area contributed by atoms with Crippen LogP contribution in [0.15, 0.2) is 54.6 Å². The van der Waals surface area contributed by atoms with E-state index in [1.165, 1.54) is 18.2 Å². The Balaban J connectivity index is 1.96. The number of benzene rings is 2. The summed E-state index contributed by atoms with van der Waals surface area (Å²) in [7, 11) is 1.47. The van der Waals surface area contributed by atoms with E-state index in [2.05, 4.69) is 31.3 Å². The quantitative estimate of drug-likeness (QED) is 0.551. The van der Waals surface area contributed by atoms with Crippen LogP contribution in [0.4, 0.5) is 0 Å². The molecular formula is C21H27NO3. The van der Waals surface area contributed by atoms with Crippen LogP contribution < -0.4 is 5.32 Å². The first-order chi connectivity index (χ1) is 12.1. The lowest BCUT2D eigenvalue weighted by molar-refractivity contribution is -0.275. The smallest absolute Gasteiger partial charge is 0.251 e. The van der Waals surface area contributed by atoms with Gasteiger partial charge in [0.05, 0.1) is 13.2 Å².